The van der Waals surface area contributed by atoms with Crippen LogP contribution >= 0.6 is 24.0 Å². The van der Waals surface area contributed by atoms with E-state index in [2.05, 4.69) is 20.9 Å². The molecule has 0 saturated heterocycles. The zero-order valence-corrected chi connectivity index (χ0v) is 18.3. The van der Waals surface area contributed by atoms with E-state index in [1.54, 1.807) is 7.05 Å². The highest BCUT2D eigenvalue weighted by atomic mass is 127. The quantitative estimate of drug-likeness (QED) is 0.283. The Morgan fingerprint density at radius 2 is 1.88 bits per heavy atom. The fourth-order valence-corrected chi connectivity index (χ4v) is 2.92. The highest BCUT2D eigenvalue weighted by Gasteiger charge is 2.11. The molecule has 0 aromatic heterocycles. The lowest BCUT2D eigenvalue weighted by molar-refractivity contribution is -0.120. The lowest BCUT2D eigenvalue weighted by Gasteiger charge is -2.14. The van der Waals surface area contributed by atoms with Crippen LogP contribution in [0, 0.1) is 5.82 Å². The number of nitrogens with one attached hydrogen (secondary N) is 3. The molecule has 0 unspecified atom stereocenters. The van der Waals surface area contributed by atoms with E-state index in [-0.39, 0.29) is 48.7 Å². The summed E-state index contributed by atoms with van der Waals surface area (Å²) < 4.78 is 36.5. The first-order valence-electron chi connectivity index (χ1n) is 7.91. The van der Waals surface area contributed by atoms with Crippen LogP contribution in [0.4, 0.5) is 4.39 Å². The van der Waals surface area contributed by atoms with E-state index >= 15 is 0 Å². The molecule has 0 fully saturated rings. The van der Waals surface area contributed by atoms with E-state index in [0.717, 1.165) is 12.7 Å². The number of benzene rings is 1. The third kappa shape index (κ3) is 9.90. The van der Waals surface area contributed by atoms with Crippen LogP contribution in [0.15, 0.2) is 23.2 Å². The maximum Gasteiger partial charge on any atom is 0.239 e. The Morgan fingerprint density at radius 3 is 2.46 bits per heavy atom. The summed E-state index contributed by atoms with van der Waals surface area (Å²) in [4.78, 5) is 15.6. The van der Waals surface area contributed by atoms with E-state index in [1.807, 2.05) is 6.92 Å². The number of sulfone groups is 1. The number of rotatable bonds is 8. The Labute approximate surface area is 171 Å². The van der Waals surface area contributed by atoms with Gasteiger partial charge in [-0.1, -0.05) is 13.0 Å². The predicted octanol–water partition coefficient (Wildman–Crippen LogP) is 1.18. The minimum Gasteiger partial charge on any atom is -0.355 e. The number of carbonyl (C=O) groups excluding carboxylic acids is 1. The summed E-state index contributed by atoms with van der Waals surface area (Å²) in [6.07, 6.45) is 1.98. The van der Waals surface area contributed by atoms with Gasteiger partial charge in [0.05, 0.1) is 12.3 Å². The molecule has 1 aromatic rings. The van der Waals surface area contributed by atoms with Crippen molar-refractivity contribution >= 4 is 45.7 Å². The van der Waals surface area contributed by atoms with Crippen molar-refractivity contribution < 1.29 is 17.6 Å². The van der Waals surface area contributed by atoms with Crippen molar-refractivity contribution in [2.24, 2.45) is 4.99 Å². The van der Waals surface area contributed by atoms with Crippen LogP contribution in [0.2, 0.25) is 0 Å². The summed E-state index contributed by atoms with van der Waals surface area (Å²) in [6, 6.07) is 3.98. The second-order valence-corrected chi connectivity index (χ2v) is 7.75. The number of halogens is 2. The van der Waals surface area contributed by atoms with Gasteiger partial charge in [0.2, 0.25) is 5.91 Å². The molecule has 0 atom stereocenters. The lowest BCUT2D eigenvalue weighted by Crippen LogP contribution is -2.43. The second-order valence-electron chi connectivity index (χ2n) is 5.61. The average Bonchev–Trinajstić information content (AvgIpc) is 2.54. The van der Waals surface area contributed by atoms with Crippen LogP contribution in [0.3, 0.4) is 0 Å². The molecular weight excluding hydrogens is 474 g/mol. The Morgan fingerprint density at radius 1 is 1.19 bits per heavy atom. The van der Waals surface area contributed by atoms with E-state index < -0.39 is 15.7 Å². The molecule has 148 valence electrons. The van der Waals surface area contributed by atoms with Gasteiger partial charge in [0.1, 0.15) is 5.82 Å². The second kappa shape index (κ2) is 12.0. The SMILES string of the molecule is CCCNC(=O)CNC(=NC)NCc1cc(F)ccc1CS(C)(=O)=O.I. The van der Waals surface area contributed by atoms with Crippen LogP contribution in [0.25, 0.3) is 0 Å². The van der Waals surface area contributed by atoms with E-state index in [0.29, 0.717) is 23.6 Å². The summed E-state index contributed by atoms with van der Waals surface area (Å²) in [5.74, 6) is -0.416. The molecule has 0 spiro atoms. The maximum atomic E-state index is 13.5. The molecule has 0 heterocycles. The molecule has 7 nitrogen and oxygen atoms in total. The minimum atomic E-state index is -3.24. The summed E-state index contributed by atoms with van der Waals surface area (Å²) in [5, 5.41) is 8.52. The molecule has 3 N–H and O–H groups in total. The molecule has 1 amide bonds. The van der Waals surface area contributed by atoms with Crippen LogP contribution < -0.4 is 16.0 Å². The van der Waals surface area contributed by atoms with Crippen molar-refractivity contribution in [3.8, 4) is 0 Å². The third-order valence-corrected chi connectivity index (χ3v) is 4.08. The lowest BCUT2D eigenvalue weighted by atomic mass is 10.1. The largest absolute Gasteiger partial charge is 0.355 e. The number of hydrogen-bond donors (Lipinski definition) is 3. The minimum absolute atomic E-state index is 0. The Kier molecular flexibility index (Phi) is 11.4. The summed E-state index contributed by atoms with van der Waals surface area (Å²) >= 11 is 0. The summed E-state index contributed by atoms with van der Waals surface area (Å²) in [5.41, 5.74) is 1.04. The first kappa shape index (κ1) is 24.6. The van der Waals surface area contributed by atoms with Gasteiger partial charge < -0.3 is 16.0 Å². The number of guanidine groups is 1. The van der Waals surface area contributed by atoms with Crippen molar-refractivity contribution in [3.05, 3.63) is 35.1 Å². The normalized spacial score (nSPS) is 11.5. The van der Waals surface area contributed by atoms with Crippen LogP contribution in [0.5, 0.6) is 0 Å². The van der Waals surface area contributed by atoms with E-state index in [1.165, 1.54) is 18.2 Å². The van der Waals surface area contributed by atoms with Gasteiger partial charge in [0.15, 0.2) is 15.8 Å². The topological polar surface area (TPSA) is 99.7 Å². The summed E-state index contributed by atoms with van der Waals surface area (Å²) in [6.45, 7) is 2.80. The standard InChI is InChI=1S/C16H25FN4O3S.HI/c1-4-7-19-15(22)10-21-16(18-2)20-9-13-8-14(17)6-5-12(13)11-25(3,23)24;/h5-6,8H,4,7,9-11H2,1-3H3,(H,19,22)(H2,18,20,21);1H. The molecule has 0 aliphatic rings. The first-order valence-corrected chi connectivity index (χ1v) is 9.97. The molecule has 0 saturated carbocycles. The first-order chi connectivity index (χ1) is 11.7. The highest BCUT2D eigenvalue weighted by molar-refractivity contribution is 14.0. The van der Waals surface area contributed by atoms with Crippen LogP contribution in [-0.2, 0) is 26.9 Å². The molecule has 0 radical (unpaired) electrons. The van der Waals surface area contributed by atoms with Gasteiger partial charge in [0.25, 0.3) is 0 Å². The highest BCUT2D eigenvalue weighted by Crippen LogP contribution is 2.14. The number of nitrogens with zero attached hydrogens (tertiary/aromatic N) is 1. The molecule has 10 heteroatoms. The van der Waals surface area contributed by atoms with Crippen molar-refractivity contribution in [2.75, 3.05) is 26.4 Å². The number of hydrogen-bond acceptors (Lipinski definition) is 4. The Bertz CT molecular complexity index is 726. The zero-order valence-electron chi connectivity index (χ0n) is 15.1. The molecule has 0 aliphatic carbocycles. The van der Waals surface area contributed by atoms with Crippen molar-refractivity contribution in [3.63, 3.8) is 0 Å². The van der Waals surface area contributed by atoms with Gasteiger partial charge in [-0.25, -0.2) is 12.8 Å². The maximum absolute atomic E-state index is 13.5. The molecule has 26 heavy (non-hydrogen) atoms. The molecule has 0 bridgehead atoms. The molecule has 1 rings (SSSR count). The Balaban J connectivity index is 0.00000625. The van der Waals surface area contributed by atoms with Gasteiger partial charge in [0, 0.05) is 26.4 Å². The molecular formula is C16H26FIN4O3S. The number of amides is 1. The predicted molar refractivity (Wildman–Crippen MR) is 112 cm³/mol. The molecule has 0 aliphatic heterocycles. The van der Waals surface area contributed by atoms with Crippen molar-refractivity contribution in [2.45, 2.75) is 25.6 Å². The van der Waals surface area contributed by atoms with Gasteiger partial charge in [-0.3, -0.25) is 9.79 Å². The number of carbonyl (C=O) groups is 1. The smallest absolute Gasteiger partial charge is 0.239 e. The zero-order chi connectivity index (χ0) is 18.9. The van der Waals surface area contributed by atoms with Crippen LogP contribution in [-0.4, -0.2) is 46.7 Å². The monoisotopic (exact) mass is 500 g/mol. The third-order valence-electron chi connectivity index (χ3n) is 3.24. The van der Waals surface area contributed by atoms with Crippen LogP contribution in [0.1, 0.15) is 24.5 Å². The van der Waals surface area contributed by atoms with Gasteiger partial charge >= 0.3 is 0 Å². The fraction of sp³-hybridized carbons (Fsp3) is 0.500. The van der Waals surface area contributed by atoms with E-state index in [9.17, 15) is 17.6 Å². The van der Waals surface area contributed by atoms with Crippen molar-refractivity contribution in [1.29, 1.82) is 0 Å². The van der Waals surface area contributed by atoms with Gasteiger partial charge in [-0.15, -0.1) is 24.0 Å². The fourth-order valence-electron chi connectivity index (χ4n) is 2.07. The van der Waals surface area contributed by atoms with Gasteiger partial charge in [-0.05, 0) is 29.7 Å². The Hall–Kier alpha value is -1.43. The van der Waals surface area contributed by atoms with Crippen molar-refractivity contribution in [1.82, 2.24) is 16.0 Å². The summed E-state index contributed by atoms with van der Waals surface area (Å²) in [7, 11) is -1.69. The number of aliphatic imine (C=N–C) groups is 1. The van der Waals surface area contributed by atoms with E-state index in [4.69, 9.17) is 0 Å². The average molecular weight is 500 g/mol. The molecule has 1 aromatic carbocycles. The van der Waals surface area contributed by atoms with Gasteiger partial charge in [-0.2, -0.15) is 0 Å².